The van der Waals surface area contributed by atoms with Crippen molar-refractivity contribution in [3.05, 3.63) is 272 Å². The van der Waals surface area contributed by atoms with Crippen molar-refractivity contribution in [3.63, 3.8) is 0 Å². The molecule has 434 valence electrons. The lowest BCUT2D eigenvalue weighted by atomic mass is 9.96. The van der Waals surface area contributed by atoms with Crippen LogP contribution in [-0.2, 0) is 35.7 Å². The summed E-state index contributed by atoms with van der Waals surface area (Å²) >= 11 is 5.86. The van der Waals surface area contributed by atoms with Crippen molar-refractivity contribution in [1.82, 2.24) is 19.9 Å². The normalized spacial score (nSPS) is 12.0. The van der Waals surface area contributed by atoms with Crippen LogP contribution in [0, 0.1) is 65.6 Å². The third-order valence-corrected chi connectivity index (χ3v) is 14.0. The highest BCUT2D eigenvalue weighted by molar-refractivity contribution is 6.31. The second-order valence-corrected chi connectivity index (χ2v) is 20.9. The van der Waals surface area contributed by atoms with Crippen molar-refractivity contribution >= 4 is 66.6 Å². The number of benzene rings is 7. The first-order chi connectivity index (χ1) is 40.1. The molecule has 0 amide bonds. The van der Waals surface area contributed by atoms with Crippen LogP contribution >= 0.6 is 11.6 Å². The van der Waals surface area contributed by atoms with Gasteiger partial charge in [-0.1, -0.05) is 157 Å². The third-order valence-electron chi connectivity index (χ3n) is 13.8. The van der Waals surface area contributed by atoms with Crippen LogP contribution in [0.15, 0.2) is 192 Å². The lowest BCUT2D eigenvalue weighted by molar-refractivity contribution is 0.125. The summed E-state index contributed by atoms with van der Waals surface area (Å²) in [5.41, 5.74) is 26.8. The van der Waals surface area contributed by atoms with Crippen LogP contribution in [0.2, 0.25) is 5.02 Å². The summed E-state index contributed by atoms with van der Waals surface area (Å²) in [6.07, 6.45) is 6.86. The molecule has 6 heterocycles. The van der Waals surface area contributed by atoms with Crippen LogP contribution in [0.5, 0.6) is 0 Å². The van der Waals surface area contributed by atoms with Gasteiger partial charge in [-0.05, 0) is 190 Å². The number of amidine groups is 2. The molecule has 0 saturated heterocycles. The van der Waals surface area contributed by atoms with E-state index in [2.05, 4.69) is 92.6 Å². The van der Waals surface area contributed by atoms with E-state index in [0.29, 0.717) is 30.4 Å². The zero-order valence-electron chi connectivity index (χ0n) is 47.9. The lowest BCUT2D eigenvalue weighted by Crippen LogP contribution is -2.22. The van der Waals surface area contributed by atoms with Crippen LogP contribution in [0.3, 0.4) is 0 Å². The quantitative estimate of drug-likeness (QED) is 0.150. The molecule has 11 aromatic rings. The van der Waals surface area contributed by atoms with E-state index in [9.17, 15) is 4.39 Å². The molecule has 0 unspecified atom stereocenters. The molecule has 14 rings (SSSR count). The molecule has 1 aliphatic carbocycles. The highest BCUT2D eigenvalue weighted by atomic mass is 35.5. The second-order valence-electron chi connectivity index (χ2n) is 20.5. The molecule has 0 saturated carbocycles. The SMILES string of the molecule is C.C.Cc1cc2ccccc2cc1C#N.Cc1cc2ccccc2cc1F.Cc1ccc2c(c1)CON=C2N.Cc1ccc2c(n1)C(N)=NOC2.Cc1ccc2c(n1)CCCC2.Cc1ccc2cc(Cl)ccc2c1.Cc1ccc2cccnc2n1. The minimum absolute atomic E-state index is 0. The van der Waals surface area contributed by atoms with Crippen LogP contribution in [0.1, 0.15) is 106 Å². The fraction of sp³-hybridized carbons (Fsp3) is 0.208. The Kier molecular flexibility index (Phi) is 23.7. The van der Waals surface area contributed by atoms with E-state index in [4.69, 9.17) is 38.0 Å². The van der Waals surface area contributed by atoms with Gasteiger partial charge < -0.3 is 21.1 Å². The molecule has 11 nitrogen and oxygen atoms in total. The molecule has 0 fully saturated rings. The molecular weight excluding hydrogens is 1080 g/mol. The van der Waals surface area contributed by atoms with E-state index >= 15 is 0 Å². The molecule has 4 aromatic heterocycles. The number of aryl methyl sites for hydroxylation is 9. The number of aromatic nitrogens is 4. The maximum absolute atomic E-state index is 13.0. The predicted octanol–water partition coefficient (Wildman–Crippen LogP) is 17.3. The third kappa shape index (κ3) is 18.2. The van der Waals surface area contributed by atoms with E-state index in [1.807, 2.05) is 155 Å². The Hall–Kier alpha value is -9.57. The molecule has 0 bridgehead atoms. The van der Waals surface area contributed by atoms with Crippen molar-refractivity contribution in [2.45, 2.75) is 102 Å². The Labute approximate surface area is 504 Å². The topological polar surface area (TPSA) is 171 Å². The Morgan fingerprint density at radius 2 is 1.02 bits per heavy atom. The van der Waals surface area contributed by atoms with Gasteiger partial charge in [-0.2, -0.15) is 5.26 Å². The van der Waals surface area contributed by atoms with Gasteiger partial charge in [0.05, 0.1) is 11.6 Å². The van der Waals surface area contributed by atoms with Gasteiger partial charge in [-0.25, -0.2) is 19.3 Å². The van der Waals surface area contributed by atoms with Gasteiger partial charge in [0.15, 0.2) is 17.3 Å². The average molecular weight is 1150 g/mol. The number of pyridine rings is 4. The monoisotopic (exact) mass is 1150 g/mol. The van der Waals surface area contributed by atoms with Gasteiger partial charge in [0.2, 0.25) is 0 Å². The van der Waals surface area contributed by atoms with Crippen LogP contribution in [0.4, 0.5) is 4.39 Å². The first kappa shape index (κ1) is 64.6. The summed E-state index contributed by atoms with van der Waals surface area (Å²) < 4.78 is 13.0. The van der Waals surface area contributed by atoms with Crippen molar-refractivity contribution in [1.29, 1.82) is 5.26 Å². The van der Waals surface area contributed by atoms with E-state index in [-0.39, 0.29) is 20.7 Å². The van der Waals surface area contributed by atoms with Gasteiger partial charge in [-0.15, -0.1) is 0 Å². The largest absolute Gasteiger partial charge is 0.389 e. The van der Waals surface area contributed by atoms with Gasteiger partial charge in [0, 0.05) is 56.1 Å². The Morgan fingerprint density at radius 1 is 0.494 bits per heavy atom. The minimum Gasteiger partial charge on any atom is -0.389 e. The number of rotatable bonds is 0. The highest BCUT2D eigenvalue weighted by Crippen LogP contribution is 2.23. The maximum Gasteiger partial charge on any atom is 0.189 e. The van der Waals surface area contributed by atoms with E-state index in [1.54, 1.807) is 19.2 Å². The number of hydrogen-bond acceptors (Lipinski definition) is 11. The van der Waals surface area contributed by atoms with E-state index in [0.717, 1.165) is 82.8 Å². The van der Waals surface area contributed by atoms with E-state index < -0.39 is 0 Å². The summed E-state index contributed by atoms with van der Waals surface area (Å²) in [6, 6.07) is 60.0. The second kappa shape index (κ2) is 31.2. The minimum atomic E-state index is -0.131. The summed E-state index contributed by atoms with van der Waals surface area (Å²) in [5.74, 6) is 0.699. The Morgan fingerprint density at radius 3 is 1.74 bits per heavy atom. The van der Waals surface area contributed by atoms with Crippen molar-refractivity contribution in [2.75, 3.05) is 0 Å². The molecule has 4 N–H and O–H groups in total. The number of nitrogens with zero attached hydrogens (tertiary/aromatic N) is 7. The standard InChI is InChI=1S/C12H9N.C11H9Cl.C11H9F.C10H13N.C9H10N2O.C9H8N2.C8H9N3O.2CH4/c1-9-6-10-4-2-3-5-11(10)7-12(9)8-13;1-8-2-3-10-7-11(12)5-4-9(10)6-8;1-8-6-9-4-2-3-5-10(9)7-11(8)12;1-8-6-7-9-4-2-3-5-10(9)11-8;1-6-2-3-8-7(4-6)5-12-11-9(8)10;1-7-4-5-8-3-2-6-10-9(8)11-7;1-5-2-3-6-4-12-11-8(9)7(6)10-5;;/h2-7H,1H3;2*2-7H,1H3;6-7H,2-5H2,1H3;2-4H,5H2,1H3,(H2,10,11);2-6H,1H3;2-3H,4H2,1H3,(H2,9,11);2*1H4. The van der Waals surface area contributed by atoms with Crippen molar-refractivity contribution in [3.8, 4) is 6.07 Å². The summed E-state index contributed by atoms with van der Waals surface area (Å²) in [7, 11) is 0. The van der Waals surface area contributed by atoms with Crippen molar-refractivity contribution in [2.24, 2.45) is 21.8 Å². The van der Waals surface area contributed by atoms with Crippen LogP contribution < -0.4 is 11.5 Å². The van der Waals surface area contributed by atoms with Gasteiger partial charge >= 0.3 is 0 Å². The predicted molar refractivity (Wildman–Crippen MR) is 350 cm³/mol. The van der Waals surface area contributed by atoms with Gasteiger partial charge in [-0.3, -0.25) is 4.98 Å². The Balaban J connectivity index is 0.000000158. The van der Waals surface area contributed by atoms with Gasteiger partial charge in [0.1, 0.15) is 24.7 Å². The fourth-order valence-electron chi connectivity index (χ4n) is 9.33. The number of hydrogen-bond donors (Lipinski definition) is 2. The van der Waals surface area contributed by atoms with Crippen LogP contribution in [-0.4, -0.2) is 31.6 Å². The molecule has 85 heavy (non-hydrogen) atoms. The van der Waals surface area contributed by atoms with Crippen LogP contribution in [0.25, 0.3) is 43.4 Å². The summed E-state index contributed by atoms with van der Waals surface area (Å²) in [6.45, 7) is 14.8. The van der Waals surface area contributed by atoms with E-state index in [1.165, 1.54) is 64.2 Å². The zero-order valence-corrected chi connectivity index (χ0v) is 48.7. The highest BCUT2D eigenvalue weighted by Gasteiger charge is 2.15. The maximum atomic E-state index is 13.0. The number of fused-ring (bicyclic) bond motifs is 7. The lowest BCUT2D eigenvalue weighted by Gasteiger charge is -2.14. The van der Waals surface area contributed by atoms with Crippen molar-refractivity contribution < 1.29 is 14.1 Å². The number of oxime groups is 2. The summed E-state index contributed by atoms with van der Waals surface area (Å²) in [5, 5.41) is 24.9. The summed E-state index contributed by atoms with van der Waals surface area (Å²) in [4.78, 5) is 27.0. The molecule has 0 radical (unpaired) electrons. The molecule has 2 aliphatic heterocycles. The molecule has 7 aromatic carbocycles. The zero-order chi connectivity index (χ0) is 58.8. The first-order valence-corrected chi connectivity index (χ1v) is 27.8. The number of nitriles is 1. The average Bonchev–Trinajstić information content (AvgIpc) is 3.65. The molecule has 3 aliphatic rings. The molecule has 13 heteroatoms. The van der Waals surface area contributed by atoms with Gasteiger partial charge in [0.25, 0.3) is 0 Å². The Bertz CT molecular complexity index is 4090. The fourth-order valence-corrected chi connectivity index (χ4v) is 9.51. The molecule has 0 spiro atoms. The molecular formula is C72H75ClFN9O2. The molecule has 0 atom stereocenters. The first-order valence-electron chi connectivity index (χ1n) is 27.4. The number of halogens is 2. The number of nitrogens with two attached hydrogens (primary N) is 2. The smallest absolute Gasteiger partial charge is 0.189 e.